The average Bonchev–Trinajstić information content (AvgIpc) is 2.15. The van der Waals surface area contributed by atoms with Crippen molar-refractivity contribution < 1.29 is 43.9 Å². The van der Waals surface area contributed by atoms with E-state index >= 15 is 0 Å². The molecular weight excluding hydrogens is 333 g/mol. The topological polar surface area (TPSA) is 0 Å². The Morgan fingerprint density at radius 3 is 1.17 bits per heavy atom. The molecule has 12 heteroatoms. The van der Waals surface area contributed by atoms with Crippen LogP contribution in [-0.4, -0.2) is 35.0 Å². The van der Waals surface area contributed by atoms with Gasteiger partial charge in [0.25, 0.3) is 0 Å². The molecule has 0 aromatic rings. The van der Waals surface area contributed by atoms with Crippen LogP contribution in [0.3, 0.4) is 0 Å². The highest BCUT2D eigenvalue weighted by Crippen LogP contribution is 2.57. The van der Waals surface area contributed by atoms with Crippen molar-refractivity contribution in [3.8, 4) is 0 Å². The maximum Gasteiger partial charge on any atom is 0.393 e. The second-order valence-corrected chi connectivity index (χ2v) is 3.80. The molecule has 0 aliphatic heterocycles. The predicted molar refractivity (Wildman–Crippen MR) is 41.3 cm³/mol. The van der Waals surface area contributed by atoms with E-state index in [-0.39, 0.29) is 0 Å². The van der Waals surface area contributed by atoms with Gasteiger partial charge in [0.15, 0.2) is 0 Å². The van der Waals surface area contributed by atoms with Crippen LogP contribution in [0.4, 0.5) is 43.9 Å². The van der Waals surface area contributed by atoms with Crippen LogP contribution in [0.5, 0.6) is 0 Å². The maximum absolute atomic E-state index is 12.6. The molecule has 0 bridgehead atoms. The summed E-state index contributed by atoms with van der Waals surface area (Å²) in [7, 11) is 0. The Kier molecular flexibility index (Phi) is 4.43. The summed E-state index contributed by atoms with van der Waals surface area (Å²) < 4.78 is 124. The summed E-state index contributed by atoms with van der Waals surface area (Å²) in [5.41, 5.74) is 0. The van der Waals surface area contributed by atoms with Crippen molar-refractivity contribution in [3.63, 3.8) is 0 Å². The lowest BCUT2D eigenvalue weighted by molar-refractivity contribution is -0.385. The molecule has 0 aromatic heterocycles. The highest BCUT2D eigenvalue weighted by atomic mass is 35.5. The van der Waals surface area contributed by atoms with Crippen LogP contribution in [0.2, 0.25) is 0 Å². The van der Waals surface area contributed by atoms with Crippen LogP contribution < -0.4 is 0 Å². The van der Waals surface area contributed by atoms with Gasteiger partial charge in [-0.05, 0) is 11.6 Å². The molecule has 0 saturated carbocycles. The second kappa shape index (κ2) is 4.46. The van der Waals surface area contributed by atoms with Crippen molar-refractivity contribution in [2.75, 3.05) is 5.88 Å². The molecule has 0 spiro atoms. The minimum atomic E-state index is -7.12. The third kappa shape index (κ3) is 2.33. The van der Waals surface area contributed by atoms with Crippen LogP contribution in [0.15, 0.2) is 0 Å². The van der Waals surface area contributed by atoms with E-state index in [0.717, 1.165) is 0 Å². The number of rotatable bonds is 5. The van der Waals surface area contributed by atoms with E-state index < -0.39 is 35.0 Å². The SMILES string of the molecule is FC(F)(Cl)C(F)(F)C(F)(F)C(F)(F)C(F)(F)CCl. The molecule has 0 amide bonds. The largest absolute Gasteiger partial charge is 0.393 e. The molecule has 0 nitrogen and oxygen atoms in total. The second-order valence-electron chi connectivity index (χ2n) is 3.06. The fraction of sp³-hybridized carbons (Fsp3) is 1.00. The first-order valence-electron chi connectivity index (χ1n) is 3.70. The van der Waals surface area contributed by atoms with Gasteiger partial charge in [0.1, 0.15) is 0 Å². The lowest BCUT2D eigenvalue weighted by atomic mass is 9.99. The predicted octanol–water partition coefficient (Wildman–Crippen LogP) is 4.60. The van der Waals surface area contributed by atoms with Gasteiger partial charge in [-0.25, -0.2) is 0 Å². The first-order chi connectivity index (χ1) is 7.56. The van der Waals surface area contributed by atoms with Gasteiger partial charge in [0.05, 0.1) is 5.88 Å². The highest BCUT2D eigenvalue weighted by Gasteiger charge is 2.85. The monoisotopic (exact) mass is 334 g/mol. The molecule has 18 heavy (non-hydrogen) atoms. The number of hydrogen-bond donors (Lipinski definition) is 0. The van der Waals surface area contributed by atoms with E-state index in [4.69, 9.17) is 0 Å². The quantitative estimate of drug-likeness (QED) is 0.509. The minimum Gasteiger partial charge on any atom is -0.198 e. The Morgan fingerprint density at radius 2 is 0.944 bits per heavy atom. The van der Waals surface area contributed by atoms with Crippen LogP contribution in [0, 0.1) is 0 Å². The van der Waals surface area contributed by atoms with Crippen LogP contribution in [0.1, 0.15) is 0 Å². The van der Waals surface area contributed by atoms with E-state index in [1.807, 2.05) is 0 Å². The molecule has 0 aliphatic rings. The van der Waals surface area contributed by atoms with Crippen molar-refractivity contribution in [2.24, 2.45) is 0 Å². The van der Waals surface area contributed by atoms with E-state index in [0.29, 0.717) is 0 Å². The smallest absolute Gasteiger partial charge is 0.198 e. The van der Waals surface area contributed by atoms with Crippen LogP contribution in [-0.2, 0) is 0 Å². The molecule has 0 aromatic carbocycles. The van der Waals surface area contributed by atoms with Gasteiger partial charge in [-0.15, -0.1) is 11.6 Å². The maximum atomic E-state index is 12.6. The molecule has 0 saturated heterocycles. The molecular formula is C6H2Cl2F10. The van der Waals surface area contributed by atoms with Crippen molar-refractivity contribution in [3.05, 3.63) is 0 Å². The number of halogens is 12. The summed E-state index contributed by atoms with van der Waals surface area (Å²) >= 11 is 7.75. The number of alkyl halides is 12. The summed E-state index contributed by atoms with van der Waals surface area (Å²) in [6.45, 7) is 0. The van der Waals surface area contributed by atoms with Crippen molar-refractivity contribution in [1.29, 1.82) is 0 Å². The minimum absolute atomic E-state index is 2.49. The summed E-state index contributed by atoms with van der Waals surface area (Å²) in [5.74, 6) is -29.2. The Balaban J connectivity index is 5.80. The fourth-order valence-corrected chi connectivity index (χ4v) is 0.975. The van der Waals surface area contributed by atoms with E-state index in [1.165, 1.54) is 0 Å². The standard InChI is InChI=1S/C6H2Cl2F10/c7-1-2(9,10)3(11,12)4(13,14)5(15,16)6(8,17)18/h1H2. The van der Waals surface area contributed by atoms with Gasteiger partial charge in [-0.2, -0.15) is 43.9 Å². The van der Waals surface area contributed by atoms with Gasteiger partial charge >= 0.3 is 29.1 Å². The first-order valence-corrected chi connectivity index (χ1v) is 4.61. The summed E-state index contributed by atoms with van der Waals surface area (Å²) in [6, 6.07) is 0. The molecule has 0 heterocycles. The Morgan fingerprint density at radius 1 is 0.611 bits per heavy atom. The van der Waals surface area contributed by atoms with Crippen molar-refractivity contribution in [1.82, 2.24) is 0 Å². The third-order valence-corrected chi connectivity index (χ3v) is 2.34. The fourth-order valence-electron chi connectivity index (χ4n) is 0.689. The van der Waals surface area contributed by atoms with E-state index in [1.54, 1.807) is 0 Å². The molecule has 0 rings (SSSR count). The lowest BCUT2D eigenvalue weighted by Crippen LogP contribution is -2.66. The zero-order valence-electron chi connectivity index (χ0n) is 7.74. The average molecular weight is 335 g/mol. The molecule has 0 N–H and O–H groups in total. The summed E-state index contributed by atoms with van der Waals surface area (Å²) in [6.07, 6.45) is 0. The Bertz CT molecular complexity index is 306. The van der Waals surface area contributed by atoms with Crippen molar-refractivity contribution in [2.45, 2.75) is 29.1 Å². The molecule has 0 fully saturated rings. The first kappa shape index (κ1) is 17.9. The number of hydrogen-bond acceptors (Lipinski definition) is 0. The zero-order valence-corrected chi connectivity index (χ0v) is 9.25. The summed E-state index contributed by atoms with van der Waals surface area (Å²) in [5, 5.41) is -6.16. The third-order valence-electron chi connectivity index (χ3n) is 1.77. The van der Waals surface area contributed by atoms with Crippen LogP contribution >= 0.6 is 23.2 Å². The summed E-state index contributed by atoms with van der Waals surface area (Å²) in [4.78, 5) is 0. The molecule has 0 radical (unpaired) electrons. The van der Waals surface area contributed by atoms with Gasteiger partial charge < -0.3 is 0 Å². The van der Waals surface area contributed by atoms with Crippen LogP contribution in [0.25, 0.3) is 0 Å². The Labute approximate surface area is 103 Å². The van der Waals surface area contributed by atoms with Gasteiger partial charge in [0.2, 0.25) is 0 Å². The molecule has 0 unspecified atom stereocenters. The van der Waals surface area contributed by atoms with E-state index in [2.05, 4.69) is 23.2 Å². The highest BCUT2D eigenvalue weighted by molar-refractivity contribution is 6.22. The van der Waals surface area contributed by atoms with Gasteiger partial charge in [0, 0.05) is 0 Å². The molecule has 110 valence electrons. The zero-order chi connectivity index (χ0) is 15.2. The van der Waals surface area contributed by atoms with Gasteiger partial charge in [-0.1, -0.05) is 0 Å². The molecule has 0 atom stereocenters. The Hall–Kier alpha value is -0.120. The lowest BCUT2D eigenvalue weighted by Gasteiger charge is -2.37. The molecule has 0 aliphatic carbocycles. The van der Waals surface area contributed by atoms with Crippen molar-refractivity contribution >= 4 is 23.2 Å². The van der Waals surface area contributed by atoms with E-state index in [9.17, 15) is 43.9 Å². The normalized spacial score (nSPS) is 16.0. The van der Waals surface area contributed by atoms with Gasteiger partial charge in [-0.3, -0.25) is 0 Å².